The molecule has 0 spiro atoms. The zero-order valence-corrected chi connectivity index (χ0v) is 26.0. The van der Waals surface area contributed by atoms with Gasteiger partial charge >= 0.3 is 0 Å². The van der Waals surface area contributed by atoms with E-state index in [0.717, 1.165) is 52.5 Å². The molecule has 0 saturated heterocycles. The fraction of sp³-hybridized carbons (Fsp3) is 0.282. The summed E-state index contributed by atoms with van der Waals surface area (Å²) in [5, 5.41) is 2.39. The SMILES string of the molecule is CC(C)(C)c1ccnc(-n2c3ccccc3c3ccc(Oc4cccc(N5CN(C6C7CCC6C7)c6cnccc65)c4)cc32)c1. The minimum atomic E-state index is 0.0244. The zero-order chi connectivity index (χ0) is 30.3. The van der Waals surface area contributed by atoms with Crippen LogP contribution >= 0.6 is 0 Å². The van der Waals surface area contributed by atoms with E-state index in [2.05, 4.69) is 119 Å². The first-order chi connectivity index (χ1) is 21.9. The molecule has 3 aliphatic carbocycles. The van der Waals surface area contributed by atoms with E-state index in [-0.39, 0.29) is 5.41 Å². The summed E-state index contributed by atoms with van der Waals surface area (Å²) in [5.41, 5.74) is 7.11. The molecular weight excluding hydrogens is 554 g/mol. The van der Waals surface area contributed by atoms with Crippen molar-refractivity contribution in [3.8, 4) is 17.3 Å². The van der Waals surface area contributed by atoms with E-state index in [4.69, 9.17) is 9.72 Å². The number of hydrogen-bond acceptors (Lipinski definition) is 5. The van der Waals surface area contributed by atoms with Crippen molar-refractivity contribution in [2.45, 2.75) is 51.5 Å². The van der Waals surface area contributed by atoms with Crippen LogP contribution in [-0.2, 0) is 5.41 Å². The summed E-state index contributed by atoms with van der Waals surface area (Å²) in [6.45, 7) is 7.58. The number of nitrogens with zero attached hydrogens (tertiary/aromatic N) is 5. The van der Waals surface area contributed by atoms with Crippen LogP contribution in [0.1, 0.15) is 45.6 Å². The third-order valence-electron chi connectivity index (χ3n) is 10.4. The molecule has 3 fully saturated rings. The van der Waals surface area contributed by atoms with E-state index in [0.29, 0.717) is 6.04 Å². The first-order valence-electron chi connectivity index (χ1n) is 16.2. The zero-order valence-electron chi connectivity index (χ0n) is 26.0. The maximum absolute atomic E-state index is 6.60. The van der Waals surface area contributed by atoms with Crippen LogP contribution in [-0.4, -0.2) is 27.2 Å². The van der Waals surface area contributed by atoms with E-state index in [1.165, 1.54) is 47.0 Å². The van der Waals surface area contributed by atoms with Gasteiger partial charge in [-0.2, -0.15) is 0 Å². The lowest BCUT2D eigenvalue weighted by atomic mass is 9.77. The predicted molar refractivity (Wildman–Crippen MR) is 182 cm³/mol. The number of fused-ring (bicyclic) bond motifs is 5. The maximum atomic E-state index is 6.60. The van der Waals surface area contributed by atoms with Gasteiger partial charge in [0.15, 0.2) is 0 Å². The first kappa shape index (κ1) is 26.6. The summed E-state index contributed by atoms with van der Waals surface area (Å²) in [4.78, 5) is 14.4. The quantitative estimate of drug-likeness (QED) is 0.200. The van der Waals surface area contributed by atoms with Crippen molar-refractivity contribution >= 4 is 38.9 Å². The highest BCUT2D eigenvalue weighted by Gasteiger charge is 2.51. The number of hydrogen-bond donors (Lipinski definition) is 0. The standard InChI is InChI=1S/C39H37N5O/c1-39(2,3)27-15-18-41-37(20-27)44-33-10-5-4-9-31(33)32-14-13-30(22-35(32)44)45-29-8-6-7-28(21-29)42-24-43(36-23-40-17-16-34(36)42)38-25-11-12-26(38)19-25/h4-10,13-18,20-23,25-26,38H,11-12,19,24H2,1-3H3. The molecule has 3 aromatic heterocycles. The third-order valence-corrected chi connectivity index (χ3v) is 10.4. The van der Waals surface area contributed by atoms with Crippen molar-refractivity contribution in [2.24, 2.45) is 11.8 Å². The van der Waals surface area contributed by atoms with Crippen molar-refractivity contribution in [1.29, 1.82) is 0 Å². The van der Waals surface area contributed by atoms with Crippen molar-refractivity contribution in [1.82, 2.24) is 14.5 Å². The predicted octanol–water partition coefficient (Wildman–Crippen LogP) is 9.38. The normalized spacial score (nSPS) is 20.6. The second-order valence-corrected chi connectivity index (χ2v) is 14.0. The lowest BCUT2D eigenvalue weighted by Gasteiger charge is -2.43. The van der Waals surface area contributed by atoms with Crippen LogP contribution in [0.4, 0.5) is 17.1 Å². The third kappa shape index (κ3) is 4.22. The van der Waals surface area contributed by atoms with Crippen LogP contribution < -0.4 is 14.5 Å². The van der Waals surface area contributed by atoms with Gasteiger partial charge in [0.2, 0.25) is 0 Å². The van der Waals surface area contributed by atoms with E-state index in [1.807, 2.05) is 24.7 Å². The fourth-order valence-corrected chi connectivity index (χ4v) is 8.10. The molecule has 0 radical (unpaired) electrons. The van der Waals surface area contributed by atoms with Gasteiger partial charge in [-0.1, -0.05) is 45.0 Å². The van der Waals surface area contributed by atoms with Gasteiger partial charge < -0.3 is 14.5 Å². The summed E-state index contributed by atoms with van der Waals surface area (Å²) in [5.74, 6) is 4.19. The van der Waals surface area contributed by atoms with Crippen molar-refractivity contribution in [3.63, 3.8) is 0 Å². The Morgan fingerprint density at radius 2 is 1.58 bits per heavy atom. The molecule has 3 aromatic carbocycles. The van der Waals surface area contributed by atoms with Crippen molar-refractivity contribution < 1.29 is 4.74 Å². The molecule has 0 amide bonds. The van der Waals surface area contributed by atoms with E-state index in [9.17, 15) is 0 Å². The summed E-state index contributed by atoms with van der Waals surface area (Å²) in [7, 11) is 0. The van der Waals surface area contributed by atoms with Gasteiger partial charge in [0, 0.05) is 47.0 Å². The van der Waals surface area contributed by atoms with Crippen LogP contribution in [0.3, 0.4) is 0 Å². The van der Waals surface area contributed by atoms with Gasteiger partial charge in [-0.3, -0.25) is 9.55 Å². The first-order valence-corrected chi connectivity index (χ1v) is 16.2. The minimum absolute atomic E-state index is 0.0244. The molecule has 1 aliphatic heterocycles. The summed E-state index contributed by atoms with van der Waals surface area (Å²) in [6, 6.07) is 30.6. The monoisotopic (exact) mass is 591 g/mol. The number of pyridine rings is 2. The molecule has 2 unspecified atom stereocenters. The van der Waals surface area contributed by atoms with Gasteiger partial charge in [0.05, 0.1) is 35.3 Å². The Balaban J connectivity index is 1.07. The van der Waals surface area contributed by atoms with E-state index >= 15 is 0 Å². The van der Waals surface area contributed by atoms with Gasteiger partial charge in [0.25, 0.3) is 0 Å². The van der Waals surface area contributed by atoms with Gasteiger partial charge in [-0.25, -0.2) is 4.98 Å². The molecule has 224 valence electrons. The molecule has 6 heteroatoms. The molecule has 6 nitrogen and oxygen atoms in total. The second kappa shape index (κ2) is 9.83. The molecule has 4 aliphatic rings. The van der Waals surface area contributed by atoms with Crippen LogP contribution in [0.2, 0.25) is 0 Å². The lowest BCUT2D eigenvalue weighted by molar-refractivity contribution is 0.229. The number of para-hydroxylation sites is 1. The smallest absolute Gasteiger partial charge is 0.137 e. The largest absolute Gasteiger partial charge is 0.457 e. The van der Waals surface area contributed by atoms with Gasteiger partial charge in [0.1, 0.15) is 17.3 Å². The summed E-state index contributed by atoms with van der Waals surface area (Å²) < 4.78 is 8.87. The number of rotatable bonds is 5. The average Bonchev–Trinajstić information content (AvgIpc) is 3.83. The van der Waals surface area contributed by atoms with Crippen molar-refractivity contribution in [2.75, 3.05) is 16.5 Å². The fourth-order valence-electron chi connectivity index (χ4n) is 8.10. The molecular formula is C39H37N5O. The highest BCUT2D eigenvalue weighted by molar-refractivity contribution is 6.09. The Kier molecular flexibility index (Phi) is 5.80. The Hall–Kier alpha value is -4.84. The highest BCUT2D eigenvalue weighted by atomic mass is 16.5. The van der Waals surface area contributed by atoms with E-state index in [1.54, 1.807) is 0 Å². The van der Waals surface area contributed by atoms with Crippen LogP contribution in [0.25, 0.3) is 27.6 Å². The highest BCUT2D eigenvalue weighted by Crippen LogP contribution is 2.55. The van der Waals surface area contributed by atoms with Gasteiger partial charge in [-0.05, 0) is 90.6 Å². The average molecular weight is 592 g/mol. The van der Waals surface area contributed by atoms with Crippen LogP contribution in [0.5, 0.6) is 11.5 Å². The second-order valence-electron chi connectivity index (χ2n) is 14.0. The molecule has 45 heavy (non-hydrogen) atoms. The molecule has 10 rings (SSSR count). The Labute approximate surface area is 263 Å². The molecule has 6 aromatic rings. The van der Waals surface area contributed by atoms with E-state index < -0.39 is 0 Å². The Bertz CT molecular complexity index is 2080. The summed E-state index contributed by atoms with van der Waals surface area (Å²) >= 11 is 0. The number of anilines is 3. The van der Waals surface area contributed by atoms with Crippen molar-refractivity contribution in [3.05, 3.63) is 109 Å². The topological polar surface area (TPSA) is 46.4 Å². The van der Waals surface area contributed by atoms with Crippen LogP contribution in [0, 0.1) is 11.8 Å². The summed E-state index contributed by atoms with van der Waals surface area (Å²) in [6.07, 6.45) is 10.0. The number of ether oxygens (including phenoxy) is 1. The lowest BCUT2D eigenvalue weighted by Crippen LogP contribution is -2.50. The molecule has 4 heterocycles. The number of benzene rings is 3. The molecule has 3 saturated carbocycles. The number of aromatic nitrogens is 3. The Morgan fingerprint density at radius 3 is 2.42 bits per heavy atom. The van der Waals surface area contributed by atoms with Crippen LogP contribution in [0.15, 0.2) is 104 Å². The van der Waals surface area contributed by atoms with Gasteiger partial charge in [-0.15, -0.1) is 0 Å². The Morgan fingerprint density at radius 1 is 0.756 bits per heavy atom. The molecule has 2 bridgehead atoms. The molecule has 2 atom stereocenters. The molecule has 0 N–H and O–H groups in total. The minimum Gasteiger partial charge on any atom is -0.457 e. The maximum Gasteiger partial charge on any atom is 0.137 e.